The van der Waals surface area contributed by atoms with Crippen molar-refractivity contribution in [3.8, 4) is 0 Å². The highest BCUT2D eigenvalue weighted by Crippen LogP contribution is 2.40. The van der Waals surface area contributed by atoms with Crippen LogP contribution in [0.2, 0.25) is 0 Å². The maximum atomic E-state index is 13.5. The second-order valence-electron chi connectivity index (χ2n) is 10.1. The van der Waals surface area contributed by atoms with Gasteiger partial charge >= 0.3 is 12.1 Å². The molecular formula is C25H34F4N2O5S. The van der Waals surface area contributed by atoms with Crippen LogP contribution in [0.15, 0.2) is 46.9 Å². The number of halogens is 4. The highest BCUT2D eigenvalue weighted by Gasteiger charge is 2.41. The lowest BCUT2D eigenvalue weighted by Crippen LogP contribution is -2.48. The van der Waals surface area contributed by atoms with Gasteiger partial charge in [0.25, 0.3) is 0 Å². The van der Waals surface area contributed by atoms with Gasteiger partial charge in [-0.2, -0.15) is 17.5 Å². The fourth-order valence-corrected chi connectivity index (χ4v) is 5.93. The van der Waals surface area contributed by atoms with Gasteiger partial charge in [-0.05, 0) is 62.3 Å². The lowest BCUT2D eigenvalue weighted by molar-refractivity contribution is -0.137. The largest absolute Gasteiger partial charge is 0.481 e. The molecule has 0 radical (unpaired) electrons. The van der Waals surface area contributed by atoms with E-state index in [9.17, 15) is 35.9 Å². The predicted octanol–water partition coefficient (Wildman–Crippen LogP) is 3.86. The number of β-amino-alcohol motifs (C(OH)–C–C–N with tert-alkyl or cyclic N) is 1. The van der Waals surface area contributed by atoms with Gasteiger partial charge in [0.2, 0.25) is 10.0 Å². The van der Waals surface area contributed by atoms with Crippen LogP contribution in [-0.4, -0.2) is 66.9 Å². The van der Waals surface area contributed by atoms with Gasteiger partial charge in [0.05, 0.1) is 16.6 Å². The summed E-state index contributed by atoms with van der Waals surface area (Å²) in [5.74, 6) is -3.40. The van der Waals surface area contributed by atoms with E-state index in [2.05, 4.69) is 5.32 Å². The van der Waals surface area contributed by atoms with Gasteiger partial charge in [-0.3, -0.25) is 4.79 Å². The summed E-state index contributed by atoms with van der Waals surface area (Å²) in [5, 5.41) is 22.5. The van der Waals surface area contributed by atoms with E-state index in [1.54, 1.807) is 12.1 Å². The Bertz CT molecular complexity index is 1130. The van der Waals surface area contributed by atoms with E-state index in [4.69, 9.17) is 5.11 Å². The van der Waals surface area contributed by atoms with Crippen molar-refractivity contribution < 1.29 is 41.0 Å². The number of aliphatic hydroxyl groups is 1. The number of carboxylic acids is 1. The Hall–Kier alpha value is -2.28. The average molecular weight is 551 g/mol. The van der Waals surface area contributed by atoms with E-state index in [0.29, 0.717) is 12.5 Å². The number of benzene rings is 1. The number of alkyl halides is 3. The molecule has 0 bridgehead atoms. The molecule has 7 nitrogen and oxygen atoms in total. The monoisotopic (exact) mass is 550 g/mol. The molecule has 0 amide bonds. The zero-order valence-corrected chi connectivity index (χ0v) is 22.0. The number of allylic oxidation sites excluding steroid dienone is 4. The summed E-state index contributed by atoms with van der Waals surface area (Å²) in [6.45, 7) is 4.70. The second-order valence-corrected chi connectivity index (χ2v) is 12.1. The maximum Gasteiger partial charge on any atom is 0.416 e. The summed E-state index contributed by atoms with van der Waals surface area (Å²) in [6, 6.07) is 6.07. The molecule has 0 saturated heterocycles. The van der Waals surface area contributed by atoms with E-state index in [1.165, 1.54) is 26.1 Å². The van der Waals surface area contributed by atoms with Crippen LogP contribution in [0.4, 0.5) is 17.6 Å². The molecular weight excluding hydrogens is 516 g/mol. The van der Waals surface area contributed by atoms with E-state index in [1.807, 2.05) is 13.8 Å². The van der Waals surface area contributed by atoms with E-state index in [0.717, 1.165) is 15.9 Å². The number of nitrogens with zero attached hydrogens (tertiary/aromatic N) is 1. The summed E-state index contributed by atoms with van der Waals surface area (Å²) in [5.41, 5.74) is -0.985. The Morgan fingerprint density at radius 3 is 2.46 bits per heavy atom. The molecule has 0 aromatic heterocycles. The minimum atomic E-state index is -4.81. The molecule has 0 aliphatic heterocycles. The second kappa shape index (κ2) is 12.1. The molecule has 208 valence electrons. The van der Waals surface area contributed by atoms with Crippen LogP contribution in [0.25, 0.3) is 0 Å². The highest BCUT2D eigenvalue weighted by molar-refractivity contribution is 7.93. The van der Waals surface area contributed by atoms with Crippen molar-refractivity contribution in [1.29, 1.82) is 0 Å². The molecule has 1 aromatic carbocycles. The Morgan fingerprint density at radius 1 is 1.24 bits per heavy atom. The molecule has 0 saturated carbocycles. The average Bonchev–Trinajstić information content (AvgIpc) is 2.75. The summed E-state index contributed by atoms with van der Waals surface area (Å²) in [4.78, 5) is 10.5. The third-order valence-electron chi connectivity index (χ3n) is 6.33. The third kappa shape index (κ3) is 8.91. The normalized spacial score (nSPS) is 19.9. The number of rotatable bonds is 12. The first kappa shape index (κ1) is 30.9. The Balaban J connectivity index is 2.11. The van der Waals surface area contributed by atoms with Crippen LogP contribution in [0.5, 0.6) is 0 Å². The molecule has 0 heterocycles. The number of nitrogens with one attached hydrogen (secondary N) is 1. The third-order valence-corrected chi connectivity index (χ3v) is 8.38. The predicted molar refractivity (Wildman–Crippen MR) is 131 cm³/mol. The Morgan fingerprint density at radius 2 is 1.89 bits per heavy atom. The molecule has 3 atom stereocenters. The van der Waals surface area contributed by atoms with Crippen molar-refractivity contribution in [2.45, 2.75) is 57.9 Å². The van der Waals surface area contributed by atoms with E-state index >= 15 is 0 Å². The number of carboxylic acid groups (broad SMARTS) is 1. The smallest absolute Gasteiger partial charge is 0.416 e. The highest BCUT2D eigenvalue weighted by atomic mass is 32.2. The summed E-state index contributed by atoms with van der Waals surface area (Å²) < 4.78 is 81.2. The van der Waals surface area contributed by atoms with Crippen LogP contribution in [-0.2, 0) is 21.2 Å². The molecule has 3 N–H and O–H groups in total. The maximum absolute atomic E-state index is 13.5. The molecule has 2 unspecified atom stereocenters. The minimum Gasteiger partial charge on any atom is -0.481 e. The molecule has 12 heteroatoms. The van der Waals surface area contributed by atoms with Crippen LogP contribution in [0.1, 0.15) is 39.2 Å². The molecule has 1 aromatic rings. The molecule has 1 aliphatic rings. The topological polar surface area (TPSA) is 107 Å². The van der Waals surface area contributed by atoms with E-state index < -0.39 is 62.5 Å². The van der Waals surface area contributed by atoms with Gasteiger partial charge in [0.15, 0.2) is 0 Å². The first-order valence-corrected chi connectivity index (χ1v) is 13.2. The number of aliphatic hydroxyl groups excluding tert-OH is 1. The Kier molecular flexibility index (Phi) is 10.1. The molecule has 2 rings (SSSR count). The van der Waals surface area contributed by atoms with Gasteiger partial charge in [0, 0.05) is 32.1 Å². The minimum absolute atomic E-state index is 0.0221. The van der Waals surface area contributed by atoms with E-state index in [-0.39, 0.29) is 25.3 Å². The lowest BCUT2D eigenvalue weighted by Gasteiger charge is -2.32. The van der Waals surface area contributed by atoms with Gasteiger partial charge < -0.3 is 15.5 Å². The van der Waals surface area contributed by atoms with Crippen molar-refractivity contribution in [1.82, 2.24) is 9.62 Å². The van der Waals surface area contributed by atoms with Crippen LogP contribution in [0.3, 0.4) is 0 Å². The van der Waals surface area contributed by atoms with Crippen molar-refractivity contribution in [3.05, 3.63) is 58.3 Å². The number of carbonyl (C=O) groups is 1. The van der Waals surface area contributed by atoms with Crippen LogP contribution < -0.4 is 5.32 Å². The number of hydrogen-bond donors (Lipinski definition) is 3. The van der Waals surface area contributed by atoms with Crippen molar-refractivity contribution >= 4 is 16.0 Å². The number of sulfonamides is 1. The number of likely N-dealkylation sites (N-methyl/N-ethyl adjacent to an activating group) is 1. The van der Waals surface area contributed by atoms with Gasteiger partial charge in [-0.25, -0.2) is 12.8 Å². The van der Waals surface area contributed by atoms with Crippen molar-refractivity contribution in [3.63, 3.8) is 0 Å². The van der Waals surface area contributed by atoms with Crippen LogP contribution in [0, 0.1) is 17.7 Å². The SMILES string of the molecule is CC1C(S(=O)(=O)N(C)C[C@H](O)CNC(C)(C)Cc2cccc(F)c2)=CC(C(F)(F)F)=CC1CCC(=O)O. The first-order valence-electron chi connectivity index (χ1n) is 11.8. The standard InChI is InChI=1S/C25H34F4N2O5S/c1-16-18(8-9-23(33)34)11-19(25(27,28)29)12-22(16)37(35,36)31(4)15-21(32)14-30-24(2,3)13-17-6-5-7-20(26)10-17/h5-7,10-12,16,18,21,30,32H,8-9,13-15H2,1-4H3,(H,33,34)/t16?,18?,21-/m1/s1. The summed E-state index contributed by atoms with van der Waals surface area (Å²) >= 11 is 0. The lowest BCUT2D eigenvalue weighted by atomic mass is 9.83. The molecule has 37 heavy (non-hydrogen) atoms. The fourth-order valence-electron chi connectivity index (χ4n) is 4.28. The number of hydrogen-bond acceptors (Lipinski definition) is 5. The fraction of sp³-hybridized carbons (Fsp3) is 0.560. The quantitative estimate of drug-likeness (QED) is 0.341. The van der Waals surface area contributed by atoms with Gasteiger partial charge in [-0.15, -0.1) is 0 Å². The van der Waals surface area contributed by atoms with Crippen LogP contribution >= 0.6 is 0 Å². The number of aliphatic carboxylic acids is 1. The molecule has 0 spiro atoms. The van der Waals surface area contributed by atoms with Gasteiger partial charge in [-0.1, -0.05) is 25.1 Å². The summed E-state index contributed by atoms with van der Waals surface area (Å²) in [6.07, 6.45) is -4.66. The summed E-state index contributed by atoms with van der Waals surface area (Å²) in [7, 11) is -3.23. The zero-order chi connectivity index (χ0) is 28.2. The molecule has 0 fully saturated rings. The van der Waals surface area contributed by atoms with Gasteiger partial charge in [0.1, 0.15) is 5.82 Å². The Labute approximate surface area is 214 Å². The molecule has 1 aliphatic carbocycles. The van der Waals surface area contributed by atoms with Crippen molar-refractivity contribution in [2.75, 3.05) is 20.1 Å². The first-order chi connectivity index (χ1) is 16.9. The zero-order valence-electron chi connectivity index (χ0n) is 21.2. The van der Waals surface area contributed by atoms with Crippen molar-refractivity contribution in [2.24, 2.45) is 11.8 Å².